The van der Waals surface area contributed by atoms with Crippen molar-refractivity contribution in [2.45, 2.75) is 45.3 Å². The number of nitrogens with two attached hydrogens (primary N) is 1. The summed E-state index contributed by atoms with van der Waals surface area (Å²) < 4.78 is 5.32. The first-order chi connectivity index (χ1) is 14.7. The van der Waals surface area contributed by atoms with Crippen molar-refractivity contribution in [3.63, 3.8) is 0 Å². The van der Waals surface area contributed by atoms with Gasteiger partial charge < -0.3 is 15.5 Å². The lowest BCUT2D eigenvalue weighted by molar-refractivity contribution is -0.143. The van der Waals surface area contributed by atoms with E-state index in [-0.39, 0.29) is 12.8 Å². The summed E-state index contributed by atoms with van der Waals surface area (Å²) in [6, 6.07) is 15.4. The predicted octanol–water partition coefficient (Wildman–Crippen LogP) is 3.57. The molecule has 1 atom stereocenters. The van der Waals surface area contributed by atoms with E-state index < -0.39 is 29.6 Å². The molecule has 0 unspecified atom stereocenters. The number of aromatic amines is 1. The Labute approximate surface area is 181 Å². The second-order valence-corrected chi connectivity index (χ2v) is 8.38. The molecule has 0 aliphatic rings. The van der Waals surface area contributed by atoms with Crippen molar-refractivity contribution in [2.75, 3.05) is 0 Å². The Kier molecular flexibility index (Phi) is 6.56. The number of carbonyl (C=O) groups excluding carboxylic acids is 3. The van der Waals surface area contributed by atoms with Crippen molar-refractivity contribution in [1.29, 1.82) is 0 Å². The third-order valence-electron chi connectivity index (χ3n) is 4.68. The normalized spacial score (nSPS) is 12.4. The molecule has 1 heterocycles. The van der Waals surface area contributed by atoms with E-state index in [1.807, 2.05) is 30.3 Å². The summed E-state index contributed by atoms with van der Waals surface area (Å²) in [5, 5.41) is 0.935. The van der Waals surface area contributed by atoms with Gasteiger partial charge in [-0.05, 0) is 44.4 Å². The minimum atomic E-state index is -1.09. The molecule has 0 aliphatic carbocycles. The fraction of sp³-hybridized carbons (Fsp3) is 0.292. The number of nitrogens with one attached hydrogen (secondary N) is 1. The van der Waals surface area contributed by atoms with Crippen LogP contribution < -0.4 is 5.73 Å². The van der Waals surface area contributed by atoms with Crippen molar-refractivity contribution in [2.24, 2.45) is 5.73 Å². The van der Waals surface area contributed by atoms with Crippen LogP contribution in [-0.2, 0) is 27.2 Å². The van der Waals surface area contributed by atoms with E-state index in [1.165, 1.54) is 0 Å². The Hall–Kier alpha value is -3.45. The molecule has 31 heavy (non-hydrogen) atoms. The Balaban J connectivity index is 1.83. The molecule has 3 aromatic rings. The standard InChI is InChI=1S/C24H27N3O4/c1-24(2,3)31-23(30)27(21(28)13-16-9-5-4-6-10-16)22(29)19(25)14-17-15-26-20-12-8-7-11-18(17)20/h4-12,15,19,26H,13-14,25H2,1-3H3/t19-/m1/s1. The van der Waals surface area contributed by atoms with Crippen molar-refractivity contribution in [3.05, 3.63) is 71.9 Å². The molecule has 0 fully saturated rings. The van der Waals surface area contributed by atoms with Crippen LogP contribution in [0.5, 0.6) is 0 Å². The second-order valence-electron chi connectivity index (χ2n) is 8.38. The zero-order valence-corrected chi connectivity index (χ0v) is 17.9. The number of rotatable bonds is 5. The van der Waals surface area contributed by atoms with E-state index in [2.05, 4.69) is 4.98 Å². The number of fused-ring (bicyclic) bond motifs is 1. The summed E-state index contributed by atoms with van der Waals surface area (Å²) in [4.78, 5) is 42.5. The lowest BCUT2D eigenvalue weighted by Gasteiger charge is -2.26. The maximum Gasteiger partial charge on any atom is 0.424 e. The van der Waals surface area contributed by atoms with Crippen molar-refractivity contribution < 1.29 is 19.1 Å². The summed E-state index contributed by atoms with van der Waals surface area (Å²) in [6.07, 6.45) is 0.807. The highest BCUT2D eigenvalue weighted by molar-refractivity contribution is 6.11. The molecular formula is C24H27N3O4. The van der Waals surface area contributed by atoms with Gasteiger partial charge in [-0.25, -0.2) is 4.79 Å². The fourth-order valence-electron chi connectivity index (χ4n) is 3.26. The largest absolute Gasteiger partial charge is 0.443 e. The quantitative estimate of drug-likeness (QED) is 0.655. The Bertz CT molecular complexity index is 1080. The highest BCUT2D eigenvalue weighted by Crippen LogP contribution is 2.20. The van der Waals surface area contributed by atoms with Crippen molar-refractivity contribution >= 4 is 28.8 Å². The number of hydrogen-bond acceptors (Lipinski definition) is 5. The number of amides is 3. The number of para-hydroxylation sites is 1. The van der Waals surface area contributed by atoms with Crippen molar-refractivity contribution in [1.82, 2.24) is 9.88 Å². The smallest absolute Gasteiger partial charge is 0.424 e. The minimum absolute atomic E-state index is 0.119. The summed E-state index contributed by atoms with van der Waals surface area (Å²) in [5.74, 6) is -1.47. The lowest BCUT2D eigenvalue weighted by atomic mass is 10.0. The lowest BCUT2D eigenvalue weighted by Crippen LogP contribution is -2.52. The SMILES string of the molecule is CC(C)(C)OC(=O)N(C(=O)Cc1ccccc1)C(=O)[C@H](N)Cc1c[nH]c2ccccc12. The van der Waals surface area contributed by atoms with E-state index in [0.717, 1.165) is 16.5 Å². The van der Waals surface area contributed by atoms with Gasteiger partial charge in [0.25, 0.3) is 5.91 Å². The Morgan fingerprint density at radius 3 is 2.35 bits per heavy atom. The molecule has 3 amide bonds. The average Bonchev–Trinajstić information content (AvgIpc) is 3.10. The number of aromatic nitrogens is 1. The van der Waals surface area contributed by atoms with Crippen molar-refractivity contribution in [3.8, 4) is 0 Å². The van der Waals surface area contributed by atoms with Gasteiger partial charge in [0.1, 0.15) is 5.60 Å². The predicted molar refractivity (Wildman–Crippen MR) is 118 cm³/mol. The molecule has 0 aliphatic heterocycles. The molecule has 7 heteroatoms. The van der Waals surface area contributed by atoms with E-state index in [0.29, 0.717) is 10.5 Å². The molecule has 3 rings (SSSR count). The van der Waals surface area contributed by atoms with E-state index in [1.54, 1.807) is 51.2 Å². The monoisotopic (exact) mass is 421 g/mol. The summed E-state index contributed by atoms with van der Waals surface area (Å²) in [6.45, 7) is 5.00. The van der Waals surface area contributed by atoms with Crippen LogP contribution in [0.3, 0.4) is 0 Å². The van der Waals surface area contributed by atoms with Crippen LogP contribution in [0.25, 0.3) is 10.9 Å². The van der Waals surface area contributed by atoms with Gasteiger partial charge in [0.2, 0.25) is 5.91 Å². The van der Waals surface area contributed by atoms with Crippen LogP contribution in [0, 0.1) is 0 Å². The zero-order valence-electron chi connectivity index (χ0n) is 17.9. The first kappa shape index (κ1) is 22.2. The number of imide groups is 3. The van der Waals surface area contributed by atoms with Crippen LogP contribution in [0.2, 0.25) is 0 Å². The van der Waals surface area contributed by atoms with Gasteiger partial charge in [-0.15, -0.1) is 0 Å². The molecule has 1 aromatic heterocycles. The zero-order chi connectivity index (χ0) is 22.6. The highest BCUT2D eigenvalue weighted by Gasteiger charge is 2.35. The molecule has 2 aromatic carbocycles. The first-order valence-corrected chi connectivity index (χ1v) is 10.1. The molecule has 0 saturated carbocycles. The van der Waals surface area contributed by atoms with Gasteiger partial charge in [0.15, 0.2) is 0 Å². The molecule has 7 nitrogen and oxygen atoms in total. The average molecular weight is 421 g/mol. The van der Waals surface area contributed by atoms with Crippen LogP contribution in [0.1, 0.15) is 31.9 Å². The topological polar surface area (TPSA) is 105 Å². The van der Waals surface area contributed by atoms with Gasteiger partial charge >= 0.3 is 6.09 Å². The Morgan fingerprint density at radius 1 is 1.03 bits per heavy atom. The number of benzene rings is 2. The van der Waals surface area contributed by atoms with Crippen LogP contribution in [0.15, 0.2) is 60.8 Å². The van der Waals surface area contributed by atoms with Gasteiger partial charge in [-0.2, -0.15) is 4.90 Å². The van der Waals surface area contributed by atoms with Gasteiger partial charge in [0.05, 0.1) is 12.5 Å². The third-order valence-corrected chi connectivity index (χ3v) is 4.68. The molecule has 3 N–H and O–H groups in total. The van der Waals surface area contributed by atoms with Crippen LogP contribution >= 0.6 is 0 Å². The number of ether oxygens (including phenoxy) is 1. The van der Waals surface area contributed by atoms with Gasteiger partial charge in [-0.1, -0.05) is 48.5 Å². The van der Waals surface area contributed by atoms with Crippen LogP contribution in [-0.4, -0.2) is 39.4 Å². The summed E-state index contributed by atoms with van der Waals surface area (Å²) in [7, 11) is 0. The molecule has 0 bridgehead atoms. The van der Waals surface area contributed by atoms with Gasteiger partial charge in [-0.3, -0.25) is 9.59 Å². The highest BCUT2D eigenvalue weighted by atomic mass is 16.6. The number of hydrogen-bond donors (Lipinski definition) is 2. The number of carbonyl (C=O) groups is 3. The fourth-order valence-corrected chi connectivity index (χ4v) is 3.26. The first-order valence-electron chi connectivity index (χ1n) is 10.1. The van der Waals surface area contributed by atoms with E-state index >= 15 is 0 Å². The molecular weight excluding hydrogens is 394 g/mol. The summed E-state index contributed by atoms with van der Waals surface area (Å²) in [5.41, 5.74) is 7.72. The Morgan fingerprint density at radius 2 is 1.68 bits per heavy atom. The molecule has 162 valence electrons. The maximum atomic E-state index is 13.1. The van der Waals surface area contributed by atoms with E-state index in [9.17, 15) is 14.4 Å². The number of nitrogens with zero attached hydrogens (tertiary/aromatic N) is 1. The van der Waals surface area contributed by atoms with Crippen LogP contribution in [0.4, 0.5) is 4.79 Å². The molecule has 0 saturated heterocycles. The third kappa shape index (κ3) is 5.58. The second kappa shape index (κ2) is 9.14. The molecule has 0 spiro atoms. The maximum absolute atomic E-state index is 13.1. The summed E-state index contributed by atoms with van der Waals surface area (Å²) >= 11 is 0. The minimum Gasteiger partial charge on any atom is -0.443 e. The molecule has 0 radical (unpaired) electrons. The van der Waals surface area contributed by atoms with E-state index in [4.69, 9.17) is 10.5 Å². The number of H-pyrrole nitrogens is 1. The van der Waals surface area contributed by atoms with Gasteiger partial charge in [0, 0.05) is 17.1 Å².